The number of halogens is 2. The maximum absolute atomic E-state index is 12.3. The number of carboxylic acids is 1. The van der Waals surface area contributed by atoms with Gasteiger partial charge in [0.2, 0.25) is 6.23 Å². The molecule has 1 rings (SSSR count). The molecule has 0 spiro atoms. The van der Waals surface area contributed by atoms with E-state index in [0.717, 1.165) is 0 Å². The molecule has 11 heavy (non-hydrogen) atoms. The Labute approximate surface area is 61.1 Å². The van der Waals surface area contributed by atoms with E-state index in [-0.39, 0.29) is 0 Å². The van der Waals surface area contributed by atoms with Gasteiger partial charge in [-0.2, -0.15) is 0 Å². The van der Waals surface area contributed by atoms with Crippen LogP contribution in [-0.2, 0) is 9.53 Å². The molecule has 1 aliphatic heterocycles. The van der Waals surface area contributed by atoms with Gasteiger partial charge in [0.15, 0.2) is 0 Å². The molecule has 1 unspecified atom stereocenters. The van der Waals surface area contributed by atoms with Gasteiger partial charge in [0.1, 0.15) is 6.61 Å². The van der Waals surface area contributed by atoms with Crippen molar-refractivity contribution < 1.29 is 23.4 Å². The zero-order chi connectivity index (χ0) is 8.48. The summed E-state index contributed by atoms with van der Waals surface area (Å²) in [4.78, 5) is 10.1. The minimum Gasteiger partial charge on any atom is -0.478 e. The topological polar surface area (TPSA) is 58.6 Å². The average molecular weight is 167 g/mol. The number of carbonyl (C=O) groups is 1. The van der Waals surface area contributed by atoms with Gasteiger partial charge in [-0.1, -0.05) is 0 Å². The van der Waals surface area contributed by atoms with Crippen LogP contribution in [0.1, 0.15) is 0 Å². The largest absolute Gasteiger partial charge is 0.478 e. The summed E-state index contributed by atoms with van der Waals surface area (Å²) in [6.45, 7) is -1.49. The number of hydrogen-bond donors (Lipinski definition) is 2. The Morgan fingerprint density at radius 2 is 2.36 bits per heavy atom. The highest BCUT2D eigenvalue weighted by atomic mass is 19.3. The molecule has 0 radical (unpaired) electrons. The molecule has 1 saturated heterocycles. The van der Waals surface area contributed by atoms with Crippen LogP contribution < -0.4 is 5.32 Å². The predicted molar refractivity (Wildman–Crippen MR) is 30.3 cm³/mol. The molecule has 4 nitrogen and oxygen atoms in total. The molecule has 0 aromatic rings. The first-order valence-electron chi connectivity index (χ1n) is 2.97. The summed E-state index contributed by atoms with van der Waals surface area (Å²) in [7, 11) is 0. The lowest BCUT2D eigenvalue weighted by molar-refractivity contribution is -0.177. The summed E-state index contributed by atoms with van der Waals surface area (Å²) < 4.78 is 28.8. The fraction of sp³-hybridized carbons (Fsp3) is 0.800. The number of nitrogens with one attached hydrogen (secondary N) is 1. The number of ether oxygens (including phenoxy) is 1. The van der Waals surface area contributed by atoms with Crippen LogP contribution in [0.3, 0.4) is 0 Å². The molecule has 1 aliphatic rings. The molecule has 0 saturated carbocycles. The van der Waals surface area contributed by atoms with E-state index in [9.17, 15) is 13.6 Å². The van der Waals surface area contributed by atoms with Crippen LogP contribution in [0, 0.1) is 0 Å². The van der Waals surface area contributed by atoms with Crippen molar-refractivity contribution in [2.75, 3.05) is 13.2 Å². The highest BCUT2D eigenvalue weighted by Crippen LogP contribution is 2.16. The molecule has 1 heterocycles. The van der Waals surface area contributed by atoms with Crippen molar-refractivity contribution in [3.8, 4) is 0 Å². The van der Waals surface area contributed by atoms with E-state index in [2.05, 4.69) is 4.74 Å². The first-order valence-corrected chi connectivity index (χ1v) is 2.97. The summed E-state index contributed by atoms with van der Waals surface area (Å²) in [5.74, 6) is -4.23. The monoisotopic (exact) mass is 167 g/mol. The van der Waals surface area contributed by atoms with Crippen LogP contribution in [-0.4, -0.2) is 36.4 Å². The number of aliphatic carboxylic acids is 1. The Balaban J connectivity index is 2.42. The van der Waals surface area contributed by atoms with E-state index < -0.39 is 31.3 Å². The van der Waals surface area contributed by atoms with E-state index in [0.29, 0.717) is 0 Å². The van der Waals surface area contributed by atoms with Gasteiger partial charge < -0.3 is 9.84 Å². The number of hydrogen-bond acceptors (Lipinski definition) is 3. The zero-order valence-electron chi connectivity index (χ0n) is 5.51. The van der Waals surface area contributed by atoms with E-state index in [1.807, 2.05) is 5.32 Å². The van der Waals surface area contributed by atoms with Gasteiger partial charge in [0.25, 0.3) is 5.92 Å². The normalized spacial score (nSPS) is 29.8. The van der Waals surface area contributed by atoms with Crippen molar-refractivity contribution in [3.63, 3.8) is 0 Å². The second-order valence-corrected chi connectivity index (χ2v) is 2.27. The molecule has 0 amide bonds. The predicted octanol–water partition coefficient (Wildman–Crippen LogP) is -0.348. The lowest BCUT2D eigenvalue weighted by atomic mass is 10.3. The smallest absolute Gasteiger partial charge is 0.348 e. The van der Waals surface area contributed by atoms with Crippen LogP contribution in [0.5, 0.6) is 0 Å². The molecule has 1 atom stereocenters. The van der Waals surface area contributed by atoms with Crippen molar-refractivity contribution >= 4 is 5.97 Å². The highest BCUT2D eigenvalue weighted by Gasteiger charge is 2.37. The minimum absolute atomic E-state index is 0.649. The van der Waals surface area contributed by atoms with E-state index in [1.54, 1.807) is 0 Å². The van der Waals surface area contributed by atoms with E-state index >= 15 is 0 Å². The van der Waals surface area contributed by atoms with Crippen LogP contribution in [0.2, 0.25) is 0 Å². The van der Waals surface area contributed by atoms with Gasteiger partial charge in [-0.15, -0.1) is 0 Å². The lowest BCUT2D eigenvalue weighted by Crippen LogP contribution is -2.53. The van der Waals surface area contributed by atoms with Gasteiger partial charge in [-0.3, -0.25) is 5.32 Å². The van der Waals surface area contributed by atoms with Gasteiger partial charge >= 0.3 is 5.97 Å². The Hall–Kier alpha value is -0.750. The molecule has 1 fully saturated rings. The third-order valence-corrected chi connectivity index (χ3v) is 1.23. The molecule has 0 bridgehead atoms. The molecule has 64 valence electrons. The molecular formula is C5H7F2NO3. The van der Waals surface area contributed by atoms with Gasteiger partial charge in [0, 0.05) is 0 Å². The van der Waals surface area contributed by atoms with Crippen LogP contribution >= 0.6 is 0 Å². The van der Waals surface area contributed by atoms with Gasteiger partial charge in [0.05, 0.1) is 6.54 Å². The van der Waals surface area contributed by atoms with Crippen LogP contribution in [0.25, 0.3) is 0 Å². The van der Waals surface area contributed by atoms with Crippen molar-refractivity contribution in [1.29, 1.82) is 0 Å². The Morgan fingerprint density at radius 1 is 1.73 bits per heavy atom. The second-order valence-electron chi connectivity index (χ2n) is 2.27. The molecule has 0 aliphatic carbocycles. The van der Waals surface area contributed by atoms with Crippen molar-refractivity contribution in [3.05, 3.63) is 0 Å². The van der Waals surface area contributed by atoms with Crippen LogP contribution in [0.4, 0.5) is 8.78 Å². The Bertz CT molecular complexity index is 163. The van der Waals surface area contributed by atoms with Crippen LogP contribution in [0.15, 0.2) is 0 Å². The number of rotatable bonds is 1. The summed E-state index contributed by atoms with van der Waals surface area (Å²) in [5, 5.41) is 10.3. The zero-order valence-corrected chi connectivity index (χ0v) is 5.51. The fourth-order valence-electron chi connectivity index (χ4n) is 0.716. The number of alkyl halides is 2. The summed E-state index contributed by atoms with van der Waals surface area (Å²) in [5.41, 5.74) is 0. The highest BCUT2D eigenvalue weighted by molar-refractivity contribution is 5.71. The Kier molecular flexibility index (Phi) is 2.05. The molecule has 0 aromatic heterocycles. The Morgan fingerprint density at radius 3 is 2.73 bits per heavy atom. The van der Waals surface area contributed by atoms with E-state index in [4.69, 9.17) is 5.11 Å². The van der Waals surface area contributed by atoms with Crippen molar-refractivity contribution in [2.24, 2.45) is 0 Å². The quantitative estimate of drug-likeness (QED) is 0.560. The van der Waals surface area contributed by atoms with Gasteiger partial charge in [-0.25, -0.2) is 13.6 Å². The van der Waals surface area contributed by atoms with Gasteiger partial charge in [-0.05, 0) is 0 Å². The fourth-order valence-corrected chi connectivity index (χ4v) is 0.716. The van der Waals surface area contributed by atoms with Crippen molar-refractivity contribution in [1.82, 2.24) is 5.32 Å². The first kappa shape index (κ1) is 8.35. The van der Waals surface area contributed by atoms with E-state index in [1.165, 1.54) is 0 Å². The molecule has 6 heteroatoms. The maximum Gasteiger partial charge on any atom is 0.348 e. The maximum atomic E-state index is 12.3. The first-order chi connectivity index (χ1) is 5.01. The SMILES string of the molecule is O=C(O)C1NCC(F)(F)CO1. The summed E-state index contributed by atoms with van der Waals surface area (Å²) >= 11 is 0. The third kappa shape index (κ3) is 2.09. The molecular weight excluding hydrogens is 160 g/mol. The standard InChI is InChI=1S/C5H7F2NO3/c6-5(7)1-8-3(4(9)10)11-2-5/h3,8H,1-2H2,(H,9,10). The average Bonchev–Trinajstić information content (AvgIpc) is 1.86. The third-order valence-electron chi connectivity index (χ3n) is 1.23. The number of carboxylic acid groups (broad SMARTS) is 1. The second kappa shape index (κ2) is 2.71. The summed E-state index contributed by atoms with van der Waals surface area (Å²) in [6, 6.07) is 0. The van der Waals surface area contributed by atoms with Crippen molar-refractivity contribution in [2.45, 2.75) is 12.2 Å². The lowest BCUT2D eigenvalue weighted by Gasteiger charge is -2.27. The minimum atomic E-state index is -2.95. The molecule has 2 N–H and O–H groups in total. The molecule has 0 aromatic carbocycles. The summed E-state index contributed by atoms with van der Waals surface area (Å²) in [6.07, 6.45) is -1.30.